The van der Waals surface area contributed by atoms with Crippen molar-refractivity contribution in [3.05, 3.63) is 0 Å². The summed E-state index contributed by atoms with van der Waals surface area (Å²) in [6.07, 6.45) is 9.89. The topological polar surface area (TPSA) is 98.2 Å². The predicted molar refractivity (Wildman–Crippen MR) is 84.7 cm³/mol. The second-order valence-corrected chi connectivity index (χ2v) is 6.32. The Kier molecular flexibility index (Phi) is 8.54. The van der Waals surface area contributed by atoms with Crippen molar-refractivity contribution >= 4 is 12.2 Å². The summed E-state index contributed by atoms with van der Waals surface area (Å²) < 4.78 is 0. The van der Waals surface area contributed by atoms with E-state index in [-0.39, 0.29) is 23.9 Å². The number of aldehydes is 1. The molecule has 1 aliphatic rings. The summed E-state index contributed by atoms with van der Waals surface area (Å²) in [6, 6.07) is 0.487. The lowest BCUT2D eigenvalue weighted by Gasteiger charge is -2.15. The van der Waals surface area contributed by atoms with Gasteiger partial charge in [-0.1, -0.05) is 19.8 Å². The summed E-state index contributed by atoms with van der Waals surface area (Å²) in [5.74, 6) is -0.0991. The van der Waals surface area contributed by atoms with Crippen molar-refractivity contribution in [3.8, 4) is 0 Å². The van der Waals surface area contributed by atoms with Gasteiger partial charge in [0.25, 0.3) is 0 Å². The van der Waals surface area contributed by atoms with Crippen LogP contribution in [0.3, 0.4) is 0 Å². The Balaban J connectivity index is 2.12. The van der Waals surface area contributed by atoms with E-state index in [1.54, 1.807) is 0 Å². The van der Waals surface area contributed by atoms with Crippen molar-refractivity contribution in [2.24, 2.45) is 17.4 Å². The zero-order valence-electron chi connectivity index (χ0n) is 13.2. The molecule has 0 aromatic heterocycles. The van der Waals surface area contributed by atoms with E-state index in [0.29, 0.717) is 6.04 Å². The molecule has 0 bridgehead atoms. The molecular weight excluding hydrogens is 266 g/mol. The van der Waals surface area contributed by atoms with E-state index < -0.39 is 0 Å². The van der Waals surface area contributed by atoms with E-state index in [9.17, 15) is 9.59 Å². The van der Waals surface area contributed by atoms with Gasteiger partial charge in [-0.15, -0.1) is 0 Å². The molecule has 1 fully saturated rings. The number of carbonyl (C=O) groups is 2. The minimum atomic E-state index is -0.254. The second-order valence-electron chi connectivity index (χ2n) is 6.32. The van der Waals surface area contributed by atoms with Gasteiger partial charge in [-0.25, -0.2) is 0 Å². The van der Waals surface area contributed by atoms with Crippen molar-refractivity contribution in [1.82, 2.24) is 5.32 Å². The summed E-state index contributed by atoms with van der Waals surface area (Å²) in [7, 11) is 0. The minimum absolute atomic E-state index is 0.155. The number of rotatable bonds is 11. The van der Waals surface area contributed by atoms with E-state index >= 15 is 0 Å². The molecule has 0 spiro atoms. The highest BCUT2D eigenvalue weighted by Crippen LogP contribution is 2.20. The van der Waals surface area contributed by atoms with E-state index in [4.69, 9.17) is 11.5 Å². The third kappa shape index (κ3) is 7.05. The molecule has 1 heterocycles. The van der Waals surface area contributed by atoms with Crippen LogP contribution in [0.25, 0.3) is 0 Å². The van der Waals surface area contributed by atoms with Crippen LogP contribution in [-0.2, 0) is 9.59 Å². The highest BCUT2D eigenvalue weighted by Gasteiger charge is 2.26. The minimum Gasteiger partial charge on any atom is -0.368 e. The van der Waals surface area contributed by atoms with Gasteiger partial charge in [0.15, 0.2) is 0 Å². The van der Waals surface area contributed by atoms with Crippen LogP contribution in [0.4, 0.5) is 0 Å². The van der Waals surface area contributed by atoms with Crippen LogP contribution in [0.2, 0.25) is 0 Å². The van der Waals surface area contributed by atoms with Gasteiger partial charge in [-0.2, -0.15) is 0 Å². The average molecular weight is 297 g/mol. The van der Waals surface area contributed by atoms with E-state index in [2.05, 4.69) is 12.2 Å². The van der Waals surface area contributed by atoms with Crippen LogP contribution < -0.4 is 16.8 Å². The molecule has 0 aromatic carbocycles. The lowest BCUT2D eigenvalue weighted by molar-refractivity contribution is -0.119. The first kappa shape index (κ1) is 18.1. The fourth-order valence-corrected chi connectivity index (χ4v) is 3.02. The SMILES string of the molecule is CCC(N)CCCC(C=O)CCCC1CCC(C(N)=O)N1. The first-order valence-electron chi connectivity index (χ1n) is 8.33. The molecule has 0 aromatic rings. The van der Waals surface area contributed by atoms with Crippen molar-refractivity contribution in [2.45, 2.75) is 82.8 Å². The Labute approximate surface area is 128 Å². The molecule has 4 atom stereocenters. The zero-order chi connectivity index (χ0) is 15.7. The van der Waals surface area contributed by atoms with Crippen molar-refractivity contribution in [3.63, 3.8) is 0 Å². The summed E-state index contributed by atoms with van der Waals surface area (Å²) in [6.45, 7) is 2.09. The second kappa shape index (κ2) is 9.90. The van der Waals surface area contributed by atoms with Crippen LogP contribution >= 0.6 is 0 Å². The van der Waals surface area contributed by atoms with Crippen molar-refractivity contribution in [1.29, 1.82) is 0 Å². The molecule has 4 unspecified atom stereocenters. The molecule has 1 aliphatic heterocycles. The molecule has 0 saturated carbocycles. The number of nitrogens with two attached hydrogens (primary N) is 2. The van der Waals surface area contributed by atoms with E-state index in [1.165, 1.54) is 0 Å². The highest BCUT2D eigenvalue weighted by molar-refractivity contribution is 5.80. The summed E-state index contributed by atoms with van der Waals surface area (Å²) >= 11 is 0. The maximum Gasteiger partial charge on any atom is 0.234 e. The van der Waals surface area contributed by atoms with Crippen LogP contribution in [0.5, 0.6) is 0 Å². The molecule has 0 radical (unpaired) electrons. The fourth-order valence-electron chi connectivity index (χ4n) is 3.02. The van der Waals surface area contributed by atoms with Crippen LogP contribution in [0.15, 0.2) is 0 Å². The fraction of sp³-hybridized carbons (Fsp3) is 0.875. The van der Waals surface area contributed by atoms with Gasteiger partial charge in [0.1, 0.15) is 6.29 Å². The largest absolute Gasteiger partial charge is 0.368 e. The number of amides is 1. The number of carbonyl (C=O) groups excluding carboxylic acids is 2. The van der Waals surface area contributed by atoms with Gasteiger partial charge in [0, 0.05) is 18.0 Å². The lowest BCUT2D eigenvalue weighted by atomic mass is 9.94. The number of hydrogen-bond acceptors (Lipinski definition) is 4. The smallest absolute Gasteiger partial charge is 0.234 e. The molecule has 1 amide bonds. The molecule has 5 N–H and O–H groups in total. The zero-order valence-corrected chi connectivity index (χ0v) is 13.2. The Bertz CT molecular complexity index is 323. The molecule has 122 valence electrons. The maximum atomic E-state index is 11.1. The summed E-state index contributed by atoms with van der Waals surface area (Å²) in [4.78, 5) is 22.2. The molecule has 0 aliphatic carbocycles. The van der Waals surface area contributed by atoms with Gasteiger partial charge >= 0.3 is 0 Å². The van der Waals surface area contributed by atoms with Gasteiger partial charge in [0.2, 0.25) is 5.91 Å². The molecular formula is C16H31N3O2. The molecule has 5 heteroatoms. The molecule has 1 rings (SSSR count). The first-order valence-corrected chi connectivity index (χ1v) is 8.33. The van der Waals surface area contributed by atoms with Crippen LogP contribution in [0.1, 0.15) is 64.7 Å². The molecule has 1 saturated heterocycles. The molecule has 5 nitrogen and oxygen atoms in total. The number of primary amides is 1. The Morgan fingerprint density at radius 1 is 1.29 bits per heavy atom. The van der Waals surface area contributed by atoms with Gasteiger partial charge < -0.3 is 21.6 Å². The lowest BCUT2D eigenvalue weighted by Crippen LogP contribution is -2.39. The Morgan fingerprint density at radius 3 is 2.57 bits per heavy atom. The predicted octanol–water partition coefficient (Wildman–Crippen LogP) is 1.49. The van der Waals surface area contributed by atoms with Gasteiger partial charge in [-0.3, -0.25) is 4.79 Å². The van der Waals surface area contributed by atoms with Gasteiger partial charge in [-0.05, 0) is 44.9 Å². The maximum absolute atomic E-state index is 11.1. The quantitative estimate of drug-likeness (QED) is 0.503. The first-order chi connectivity index (χ1) is 10.1. The third-order valence-corrected chi connectivity index (χ3v) is 4.58. The highest BCUT2D eigenvalue weighted by atomic mass is 16.1. The number of hydrogen-bond donors (Lipinski definition) is 3. The van der Waals surface area contributed by atoms with Crippen LogP contribution in [-0.4, -0.2) is 30.3 Å². The summed E-state index contributed by atoms with van der Waals surface area (Å²) in [5.41, 5.74) is 11.2. The van der Waals surface area contributed by atoms with Crippen molar-refractivity contribution < 1.29 is 9.59 Å². The summed E-state index contributed by atoms with van der Waals surface area (Å²) in [5, 5.41) is 3.27. The van der Waals surface area contributed by atoms with E-state index in [1.807, 2.05) is 0 Å². The van der Waals surface area contributed by atoms with E-state index in [0.717, 1.165) is 64.1 Å². The van der Waals surface area contributed by atoms with Crippen molar-refractivity contribution in [2.75, 3.05) is 0 Å². The average Bonchev–Trinajstić information content (AvgIpc) is 2.94. The number of nitrogens with one attached hydrogen (secondary N) is 1. The monoisotopic (exact) mass is 297 g/mol. The standard InChI is InChI=1S/C16H31N3O2/c1-2-13(17)7-3-5-12(11-20)6-4-8-14-9-10-15(19-14)16(18)21/h11-15,19H,2-10,17H2,1H3,(H2,18,21). The van der Waals surface area contributed by atoms with Gasteiger partial charge in [0.05, 0.1) is 6.04 Å². The molecule has 21 heavy (non-hydrogen) atoms. The normalized spacial score (nSPS) is 24.7. The third-order valence-electron chi connectivity index (χ3n) is 4.58. The van der Waals surface area contributed by atoms with Crippen LogP contribution in [0, 0.1) is 5.92 Å². The Morgan fingerprint density at radius 2 is 2.00 bits per heavy atom. The Hall–Kier alpha value is -0.940.